The number of rotatable bonds is 3. The predicted octanol–water partition coefficient (Wildman–Crippen LogP) is 2.89. The van der Waals surface area contributed by atoms with Crippen molar-refractivity contribution in [2.24, 2.45) is 5.92 Å². The van der Waals surface area contributed by atoms with Crippen LogP contribution < -0.4 is 4.90 Å². The Hall–Kier alpha value is -3.00. The molecule has 1 amide bonds. The number of aromatic amines is 1. The van der Waals surface area contributed by atoms with Gasteiger partial charge in [-0.1, -0.05) is 6.07 Å². The Morgan fingerprint density at radius 1 is 1.22 bits per heavy atom. The molecule has 2 unspecified atom stereocenters. The standard InChI is InChI=1S/C19H14BrN3O4/c1-9(24)16-17(10-2-5-15(25)12(20)6-10)23(19(27)18(16)26)11-3-4-13-14(7-11)22-8-21-13/h2-8,16-17,25H,1H3,(H,21,22). The number of hydrogen-bond acceptors (Lipinski definition) is 5. The molecule has 3 aromatic rings. The number of H-pyrrole nitrogens is 1. The minimum absolute atomic E-state index is 0.0270. The third-order valence-corrected chi connectivity index (χ3v) is 5.37. The van der Waals surface area contributed by atoms with E-state index in [-0.39, 0.29) is 11.5 Å². The molecule has 136 valence electrons. The van der Waals surface area contributed by atoms with Gasteiger partial charge < -0.3 is 10.1 Å². The van der Waals surface area contributed by atoms with Gasteiger partial charge in [-0.25, -0.2) is 4.98 Å². The van der Waals surface area contributed by atoms with Crippen LogP contribution in [0.1, 0.15) is 18.5 Å². The molecule has 0 bridgehead atoms. The maximum Gasteiger partial charge on any atom is 0.295 e. The third kappa shape index (κ3) is 2.73. The number of anilines is 1. The maximum absolute atomic E-state index is 12.8. The van der Waals surface area contributed by atoms with E-state index in [2.05, 4.69) is 25.9 Å². The summed E-state index contributed by atoms with van der Waals surface area (Å²) in [6, 6.07) is 9.04. The van der Waals surface area contributed by atoms with Crippen LogP contribution in [0, 0.1) is 5.92 Å². The number of imidazole rings is 1. The van der Waals surface area contributed by atoms with Gasteiger partial charge in [-0.2, -0.15) is 0 Å². The van der Waals surface area contributed by atoms with Crippen molar-refractivity contribution in [3.8, 4) is 5.75 Å². The Kier molecular flexibility index (Phi) is 4.07. The number of halogens is 1. The first-order chi connectivity index (χ1) is 12.9. The number of phenolic OH excluding ortho intramolecular Hbond substituents is 1. The van der Waals surface area contributed by atoms with E-state index in [4.69, 9.17) is 0 Å². The minimum Gasteiger partial charge on any atom is -0.507 e. The van der Waals surface area contributed by atoms with Crippen LogP contribution in [0.3, 0.4) is 0 Å². The van der Waals surface area contributed by atoms with Crippen LogP contribution in [-0.4, -0.2) is 32.5 Å². The van der Waals surface area contributed by atoms with Gasteiger partial charge in [-0.3, -0.25) is 19.3 Å². The SMILES string of the molecule is CC(=O)C1C(=O)C(=O)N(c2ccc3nc[nH]c3c2)C1c1ccc(O)c(Br)c1. The van der Waals surface area contributed by atoms with E-state index in [0.29, 0.717) is 21.2 Å². The summed E-state index contributed by atoms with van der Waals surface area (Å²) in [4.78, 5) is 46.0. The zero-order valence-electron chi connectivity index (χ0n) is 14.1. The molecule has 2 aromatic carbocycles. The van der Waals surface area contributed by atoms with Crippen LogP contribution in [-0.2, 0) is 14.4 Å². The fourth-order valence-corrected chi connectivity index (χ4v) is 3.87. The Labute approximate surface area is 162 Å². The fraction of sp³-hybridized carbons (Fsp3) is 0.158. The lowest BCUT2D eigenvalue weighted by atomic mass is 9.90. The molecular formula is C19H14BrN3O4. The monoisotopic (exact) mass is 427 g/mol. The number of hydrogen-bond donors (Lipinski definition) is 2. The molecule has 0 aliphatic carbocycles. The molecule has 0 radical (unpaired) electrons. The molecule has 1 fully saturated rings. The molecule has 1 aliphatic rings. The Balaban J connectivity index is 1.90. The number of ketones is 2. The normalized spacial score (nSPS) is 19.9. The molecule has 0 saturated carbocycles. The van der Waals surface area contributed by atoms with E-state index in [1.165, 1.54) is 17.9 Å². The second kappa shape index (κ2) is 6.31. The molecule has 1 saturated heterocycles. The number of Topliss-reactive ketones (excluding diaryl/α,β-unsaturated/α-hetero) is 2. The average Bonchev–Trinajstić information content (AvgIpc) is 3.20. The van der Waals surface area contributed by atoms with Crippen molar-refractivity contribution < 1.29 is 19.5 Å². The fourth-order valence-electron chi connectivity index (χ4n) is 3.48. The van der Waals surface area contributed by atoms with Gasteiger partial charge in [-0.15, -0.1) is 0 Å². The zero-order chi connectivity index (χ0) is 19.3. The smallest absolute Gasteiger partial charge is 0.295 e. The molecule has 1 aliphatic heterocycles. The van der Waals surface area contributed by atoms with Crippen molar-refractivity contribution >= 4 is 50.1 Å². The summed E-state index contributed by atoms with van der Waals surface area (Å²) < 4.78 is 0.415. The minimum atomic E-state index is -1.11. The number of benzene rings is 2. The van der Waals surface area contributed by atoms with Crippen molar-refractivity contribution in [2.45, 2.75) is 13.0 Å². The summed E-state index contributed by atoms with van der Waals surface area (Å²) in [6.45, 7) is 1.31. The number of nitrogens with one attached hydrogen (secondary N) is 1. The van der Waals surface area contributed by atoms with Crippen molar-refractivity contribution in [1.82, 2.24) is 9.97 Å². The molecule has 4 rings (SSSR count). The zero-order valence-corrected chi connectivity index (χ0v) is 15.7. The molecular weight excluding hydrogens is 414 g/mol. The summed E-state index contributed by atoms with van der Waals surface area (Å²) in [5.74, 6) is -2.93. The summed E-state index contributed by atoms with van der Waals surface area (Å²) >= 11 is 3.25. The van der Waals surface area contributed by atoms with Gasteiger partial charge in [-0.05, 0) is 58.7 Å². The second-order valence-electron chi connectivity index (χ2n) is 6.39. The van der Waals surface area contributed by atoms with E-state index < -0.39 is 23.7 Å². The van der Waals surface area contributed by atoms with Gasteiger partial charge in [0.1, 0.15) is 17.5 Å². The highest BCUT2D eigenvalue weighted by Crippen LogP contribution is 2.42. The highest BCUT2D eigenvalue weighted by atomic mass is 79.9. The lowest BCUT2D eigenvalue weighted by Gasteiger charge is -2.27. The number of nitrogens with zero attached hydrogens (tertiary/aromatic N) is 2. The Morgan fingerprint density at radius 3 is 2.70 bits per heavy atom. The van der Waals surface area contributed by atoms with Gasteiger partial charge in [0.15, 0.2) is 0 Å². The number of fused-ring (bicyclic) bond motifs is 1. The van der Waals surface area contributed by atoms with E-state index in [1.807, 2.05) is 0 Å². The lowest BCUT2D eigenvalue weighted by molar-refractivity contribution is -0.138. The highest BCUT2D eigenvalue weighted by molar-refractivity contribution is 9.10. The van der Waals surface area contributed by atoms with E-state index in [1.54, 1.807) is 36.7 Å². The van der Waals surface area contributed by atoms with Crippen LogP contribution in [0.2, 0.25) is 0 Å². The van der Waals surface area contributed by atoms with E-state index in [0.717, 1.165) is 5.52 Å². The summed E-state index contributed by atoms with van der Waals surface area (Å²) in [5.41, 5.74) is 2.50. The van der Waals surface area contributed by atoms with Crippen LogP contribution in [0.25, 0.3) is 11.0 Å². The summed E-state index contributed by atoms with van der Waals surface area (Å²) in [5, 5.41) is 9.77. The predicted molar refractivity (Wildman–Crippen MR) is 101 cm³/mol. The molecule has 8 heteroatoms. The van der Waals surface area contributed by atoms with Crippen molar-refractivity contribution in [2.75, 3.05) is 4.90 Å². The van der Waals surface area contributed by atoms with Gasteiger partial charge in [0, 0.05) is 5.69 Å². The van der Waals surface area contributed by atoms with Gasteiger partial charge in [0.05, 0.1) is 27.9 Å². The van der Waals surface area contributed by atoms with Crippen LogP contribution in [0.5, 0.6) is 5.75 Å². The van der Waals surface area contributed by atoms with Gasteiger partial charge >= 0.3 is 0 Å². The molecule has 2 heterocycles. The molecule has 0 spiro atoms. The topological polar surface area (TPSA) is 103 Å². The van der Waals surface area contributed by atoms with Crippen LogP contribution in [0.4, 0.5) is 5.69 Å². The Morgan fingerprint density at radius 2 is 2.00 bits per heavy atom. The first-order valence-electron chi connectivity index (χ1n) is 8.18. The number of aromatic nitrogens is 2. The molecule has 27 heavy (non-hydrogen) atoms. The maximum atomic E-state index is 12.8. The summed E-state index contributed by atoms with van der Waals surface area (Å²) in [6.07, 6.45) is 1.54. The van der Waals surface area contributed by atoms with Crippen molar-refractivity contribution in [1.29, 1.82) is 0 Å². The van der Waals surface area contributed by atoms with Crippen molar-refractivity contribution in [3.63, 3.8) is 0 Å². The third-order valence-electron chi connectivity index (χ3n) is 4.74. The average molecular weight is 428 g/mol. The second-order valence-corrected chi connectivity index (χ2v) is 7.24. The highest BCUT2D eigenvalue weighted by Gasteiger charge is 2.51. The lowest BCUT2D eigenvalue weighted by Crippen LogP contribution is -2.30. The molecule has 2 N–H and O–H groups in total. The largest absolute Gasteiger partial charge is 0.507 e. The Bertz CT molecular complexity index is 1110. The summed E-state index contributed by atoms with van der Waals surface area (Å²) in [7, 11) is 0. The van der Waals surface area contributed by atoms with Crippen molar-refractivity contribution in [3.05, 3.63) is 52.8 Å². The van der Waals surface area contributed by atoms with E-state index >= 15 is 0 Å². The molecule has 1 aromatic heterocycles. The van der Waals surface area contributed by atoms with Gasteiger partial charge in [0.2, 0.25) is 5.78 Å². The number of amides is 1. The first-order valence-corrected chi connectivity index (χ1v) is 8.97. The number of phenols is 1. The number of carbonyl (C=O) groups is 3. The number of aromatic hydroxyl groups is 1. The molecule has 2 atom stereocenters. The first kappa shape index (κ1) is 17.4. The van der Waals surface area contributed by atoms with E-state index in [9.17, 15) is 19.5 Å². The van der Waals surface area contributed by atoms with Gasteiger partial charge in [0.25, 0.3) is 5.91 Å². The molecule has 7 nitrogen and oxygen atoms in total. The van der Waals surface area contributed by atoms with Crippen LogP contribution in [0.15, 0.2) is 47.2 Å². The van der Waals surface area contributed by atoms with Crippen LogP contribution >= 0.6 is 15.9 Å². The quantitative estimate of drug-likeness (QED) is 0.493. The number of carbonyl (C=O) groups excluding carboxylic acids is 3.